The first kappa shape index (κ1) is 25.0. The Balaban J connectivity index is 1.68. The lowest BCUT2D eigenvalue weighted by atomic mass is 9.98. The van der Waals surface area contributed by atoms with Crippen molar-refractivity contribution in [3.8, 4) is 11.3 Å². The fraction of sp³-hybridized carbons (Fsp3) is 0.115. The summed E-state index contributed by atoms with van der Waals surface area (Å²) in [6.45, 7) is 0. The highest BCUT2D eigenvalue weighted by molar-refractivity contribution is 6.00. The summed E-state index contributed by atoms with van der Waals surface area (Å²) in [5.74, 6) is -2.04. The predicted molar refractivity (Wildman–Crippen MR) is 133 cm³/mol. The maximum absolute atomic E-state index is 14.7. The number of carbonyl (C=O) groups is 3. The quantitative estimate of drug-likeness (QED) is 0.272. The number of rotatable bonds is 8. The molecule has 0 atom stereocenters. The molecule has 0 aliphatic carbocycles. The smallest absolute Gasteiger partial charge is 0.425 e. The van der Waals surface area contributed by atoms with Crippen LogP contribution in [0.5, 0.6) is 0 Å². The minimum absolute atomic E-state index is 0.108. The molecule has 4 aromatic rings. The molecule has 0 fully saturated rings. The molecule has 188 valence electrons. The van der Waals surface area contributed by atoms with Crippen LogP contribution in [0.2, 0.25) is 0 Å². The molecule has 2 heterocycles. The summed E-state index contributed by atoms with van der Waals surface area (Å²) in [4.78, 5) is 41.7. The van der Waals surface area contributed by atoms with Gasteiger partial charge in [-0.1, -0.05) is 42.5 Å². The van der Waals surface area contributed by atoms with Gasteiger partial charge in [0.25, 0.3) is 11.8 Å². The number of benzene rings is 2. The van der Waals surface area contributed by atoms with E-state index in [1.165, 1.54) is 36.7 Å². The topological polar surface area (TPSA) is 138 Å². The zero-order valence-corrected chi connectivity index (χ0v) is 19.5. The van der Waals surface area contributed by atoms with E-state index >= 15 is 0 Å². The largest absolute Gasteiger partial charge is 0.464 e. The van der Waals surface area contributed by atoms with Crippen LogP contribution < -0.4 is 16.3 Å². The van der Waals surface area contributed by atoms with Crippen molar-refractivity contribution < 1.29 is 23.9 Å². The lowest BCUT2D eigenvalue weighted by Gasteiger charge is -2.11. The van der Waals surface area contributed by atoms with Crippen LogP contribution in [-0.2, 0) is 12.8 Å². The molecule has 4 rings (SSSR count). The van der Waals surface area contributed by atoms with Gasteiger partial charge in [0.15, 0.2) is 5.69 Å². The van der Waals surface area contributed by atoms with E-state index in [0.717, 1.165) is 10.4 Å². The van der Waals surface area contributed by atoms with Crippen LogP contribution in [0.4, 0.5) is 9.18 Å². The standard InChI is InChI=1S/C26H23FN6O4/c27-21-14-5-4-12-19(21)22-20(13-6-10-17-8-2-1-3-9-17)23(33(31-22)32-26(36)37)25(35)30-29-24(34)18-11-7-15-28-16-18/h1-5,7-9,11-12,14-16,32H,6,10,13H2,(H,29,34)(H,30,35)(H,36,37). The molecular weight excluding hydrogens is 479 g/mol. The molecular formula is C26H23FN6O4. The summed E-state index contributed by atoms with van der Waals surface area (Å²) in [5.41, 5.74) is 8.25. The molecule has 11 heteroatoms. The molecule has 2 aromatic heterocycles. The Kier molecular flexibility index (Phi) is 7.84. The third-order valence-electron chi connectivity index (χ3n) is 5.48. The second kappa shape index (κ2) is 11.6. The zero-order chi connectivity index (χ0) is 26.2. The fourth-order valence-corrected chi connectivity index (χ4v) is 3.82. The van der Waals surface area contributed by atoms with E-state index < -0.39 is 23.7 Å². The number of hydrazine groups is 1. The highest BCUT2D eigenvalue weighted by Gasteiger charge is 2.27. The van der Waals surface area contributed by atoms with Crippen molar-refractivity contribution in [3.05, 3.63) is 107 Å². The monoisotopic (exact) mass is 502 g/mol. The lowest BCUT2D eigenvalue weighted by molar-refractivity contribution is 0.0840. The zero-order valence-electron chi connectivity index (χ0n) is 19.5. The number of hydrogen-bond acceptors (Lipinski definition) is 5. The van der Waals surface area contributed by atoms with Gasteiger partial charge >= 0.3 is 6.09 Å². The van der Waals surface area contributed by atoms with Crippen LogP contribution >= 0.6 is 0 Å². The van der Waals surface area contributed by atoms with Gasteiger partial charge in [-0.05, 0) is 49.1 Å². The molecule has 0 aliphatic rings. The van der Waals surface area contributed by atoms with Gasteiger partial charge in [-0.3, -0.25) is 25.4 Å². The number of pyridine rings is 1. The van der Waals surface area contributed by atoms with Crippen LogP contribution in [0, 0.1) is 5.82 Å². The lowest BCUT2D eigenvalue weighted by Crippen LogP contribution is -2.43. The van der Waals surface area contributed by atoms with Crippen molar-refractivity contribution >= 4 is 17.9 Å². The molecule has 10 nitrogen and oxygen atoms in total. The number of halogens is 1. The van der Waals surface area contributed by atoms with Gasteiger partial charge in [0.2, 0.25) is 0 Å². The van der Waals surface area contributed by atoms with Crippen LogP contribution in [0.3, 0.4) is 0 Å². The molecule has 2 aromatic carbocycles. The SMILES string of the molecule is O=C(O)Nn1nc(-c2ccccc2F)c(CCCc2ccccc2)c1C(=O)NNC(=O)c1cccnc1. The first-order valence-corrected chi connectivity index (χ1v) is 11.4. The van der Waals surface area contributed by atoms with Gasteiger partial charge in [0, 0.05) is 23.5 Å². The summed E-state index contributed by atoms with van der Waals surface area (Å²) in [5, 5.41) is 13.6. The number of aromatic nitrogens is 3. The molecule has 4 N–H and O–H groups in total. The number of nitrogens with one attached hydrogen (secondary N) is 3. The molecule has 0 bridgehead atoms. The van der Waals surface area contributed by atoms with E-state index in [1.54, 1.807) is 12.1 Å². The Morgan fingerprint density at radius 2 is 1.62 bits per heavy atom. The normalized spacial score (nSPS) is 10.5. The van der Waals surface area contributed by atoms with Gasteiger partial charge in [-0.15, -0.1) is 0 Å². The van der Waals surface area contributed by atoms with E-state index in [2.05, 4.69) is 20.9 Å². The van der Waals surface area contributed by atoms with Gasteiger partial charge in [-0.2, -0.15) is 9.89 Å². The fourth-order valence-electron chi connectivity index (χ4n) is 3.82. The summed E-state index contributed by atoms with van der Waals surface area (Å²) < 4.78 is 14.7. The first-order valence-electron chi connectivity index (χ1n) is 11.4. The number of carbonyl (C=O) groups excluding carboxylic acids is 2. The number of hydrogen-bond donors (Lipinski definition) is 4. The third-order valence-corrected chi connectivity index (χ3v) is 5.48. The maximum Gasteiger partial charge on any atom is 0.425 e. The molecule has 0 unspecified atom stereocenters. The van der Waals surface area contributed by atoms with E-state index in [9.17, 15) is 23.9 Å². The summed E-state index contributed by atoms with van der Waals surface area (Å²) in [7, 11) is 0. The van der Waals surface area contributed by atoms with Crippen LogP contribution in [0.25, 0.3) is 11.3 Å². The molecule has 0 radical (unpaired) electrons. The van der Waals surface area contributed by atoms with Gasteiger partial charge < -0.3 is 5.11 Å². The summed E-state index contributed by atoms with van der Waals surface area (Å²) in [6.07, 6.45) is 2.84. The summed E-state index contributed by atoms with van der Waals surface area (Å²) in [6, 6.07) is 18.6. The average molecular weight is 503 g/mol. The minimum atomic E-state index is -1.48. The molecule has 0 saturated carbocycles. The van der Waals surface area contributed by atoms with E-state index in [1.807, 2.05) is 35.8 Å². The Bertz CT molecular complexity index is 1410. The maximum atomic E-state index is 14.7. The Morgan fingerprint density at radius 1 is 0.892 bits per heavy atom. The first-order chi connectivity index (χ1) is 17.9. The molecule has 0 saturated heterocycles. The Labute approximate surface area is 211 Å². The van der Waals surface area contributed by atoms with Gasteiger partial charge in [0.1, 0.15) is 11.5 Å². The van der Waals surface area contributed by atoms with Crippen LogP contribution in [-0.4, -0.2) is 37.9 Å². The van der Waals surface area contributed by atoms with E-state index in [-0.39, 0.29) is 28.9 Å². The van der Waals surface area contributed by atoms with Crippen molar-refractivity contribution in [1.82, 2.24) is 25.7 Å². The number of carboxylic acid groups (broad SMARTS) is 1. The third kappa shape index (κ3) is 6.14. The highest BCUT2D eigenvalue weighted by Crippen LogP contribution is 2.29. The van der Waals surface area contributed by atoms with Crippen molar-refractivity contribution in [1.29, 1.82) is 0 Å². The van der Waals surface area contributed by atoms with Crippen LogP contribution in [0.1, 0.15) is 38.4 Å². The number of amides is 3. The summed E-state index contributed by atoms with van der Waals surface area (Å²) >= 11 is 0. The Morgan fingerprint density at radius 3 is 2.32 bits per heavy atom. The van der Waals surface area contributed by atoms with Crippen LogP contribution in [0.15, 0.2) is 79.1 Å². The average Bonchev–Trinajstić information content (AvgIpc) is 3.25. The van der Waals surface area contributed by atoms with Crippen molar-refractivity contribution in [2.24, 2.45) is 0 Å². The van der Waals surface area contributed by atoms with Crippen molar-refractivity contribution in [3.63, 3.8) is 0 Å². The van der Waals surface area contributed by atoms with Crippen molar-refractivity contribution in [2.75, 3.05) is 5.43 Å². The highest BCUT2D eigenvalue weighted by atomic mass is 19.1. The minimum Gasteiger partial charge on any atom is -0.464 e. The van der Waals surface area contributed by atoms with Crippen molar-refractivity contribution in [2.45, 2.75) is 19.3 Å². The molecule has 0 aliphatic heterocycles. The molecule has 3 amide bonds. The number of aryl methyl sites for hydroxylation is 1. The van der Waals surface area contributed by atoms with Gasteiger partial charge in [0.05, 0.1) is 5.56 Å². The van der Waals surface area contributed by atoms with E-state index in [4.69, 9.17) is 0 Å². The molecule has 37 heavy (non-hydrogen) atoms. The van der Waals surface area contributed by atoms with Gasteiger partial charge in [-0.25, -0.2) is 14.6 Å². The van der Waals surface area contributed by atoms with E-state index in [0.29, 0.717) is 18.4 Å². The predicted octanol–water partition coefficient (Wildman–Crippen LogP) is 3.56. The second-order valence-corrected chi connectivity index (χ2v) is 7.97. The number of nitrogens with zero attached hydrogens (tertiary/aromatic N) is 3. The Hall–Kier alpha value is -5.06. The molecule has 0 spiro atoms. The second-order valence-electron chi connectivity index (χ2n) is 7.97.